The fourth-order valence-electron chi connectivity index (χ4n) is 3.83. The van der Waals surface area contributed by atoms with Gasteiger partial charge >= 0.3 is 6.03 Å². The average molecular weight is 402 g/mol. The van der Waals surface area contributed by atoms with Gasteiger partial charge in [0.1, 0.15) is 11.3 Å². The molecule has 3 amide bonds. The van der Waals surface area contributed by atoms with Crippen molar-refractivity contribution < 1.29 is 19.1 Å². The van der Waals surface area contributed by atoms with E-state index in [-0.39, 0.29) is 18.2 Å². The summed E-state index contributed by atoms with van der Waals surface area (Å²) in [4.78, 5) is 39.0. The van der Waals surface area contributed by atoms with Crippen LogP contribution in [0, 0.1) is 0 Å². The van der Waals surface area contributed by atoms with Crippen LogP contribution in [-0.4, -0.2) is 29.7 Å². The predicted octanol–water partition coefficient (Wildman–Crippen LogP) is 4.02. The lowest BCUT2D eigenvalue weighted by Gasteiger charge is -2.23. The number of imide groups is 1. The second-order valence-electron chi connectivity index (χ2n) is 7.59. The van der Waals surface area contributed by atoms with Crippen molar-refractivity contribution >= 4 is 28.5 Å². The SMILES string of the molecule is COc1ccc(C(C)=O)cc1CN1C(=O)NC(C)(c2ccc3ccccc3c2)C1=O. The monoisotopic (exact) mass is 402 g/mol. The van der Waals surface area contributed by atoms with E-state index < -0.39 is 11.6 Å². The van der Waals surface area contributed by atoms with E-state index in [0.29, 0.717) is 22.4 Å². The quantitative estimate of drug-likeness (QED) is 0.517. The molecule has 6 heteroatoms. The molecular formula is C24H22N2O4. The fourth-order valence-corrected chi connectivity index (χ4v) is 3.83. The van der Waals surface area contributed by atoms with Crippen LogP contribution in [0.2, 0.25) is 0 Å². The van der Waals surface area contributed by atoms with Crippen molar-refractivity contribution in [2.75, 3.05) is 7.11 Å². The Morgan fingerprint density at radius 1 is 1.03 bits per heavy atom. The number of ketones is 1. The van der Waals surface area contributed by atoms with Gasteiger partial charge in [0.05, 0.1) is 13.7 Å². The second-order valence-corrected chi connectivity index (χ2v) is 7.59. The Morgan fingerprint density at radius 3 is 2.47 bits per heavy atom. The first-order valence-corrected chi connectivity index (χ1v) is 9.65. The number of nitrogens with zero attached hydrogens (tertiary/aromatic N) is 1. The topological polar surface area (TPSA) is 75.7 Å². The summed E-state index contributed by atoms with van der Waals surface area (Å²) in [5.41, 5.74) is 0.630. The van der Waals surface area contributed by atoms with Crippen LogP contribution in [0.15, 0.2) is 60.7 Å². The van der Waals surface area contributed by atoms with Crippen molar-refractivity contribution in [3.05, 3.63) is 77.4 Å². The number of carbonyl (C=O) groups is 3. The van der Waals surface area contributed by atoms with Crippen LogP contribution < -0.4 is 10.1 Å². The molecule has 1 saturated heterocycles. The molecular weight excluding hydrogens is 380 g/mol. The zero-order chi connectivity index (χ0) is 21.5. The number of urea groups is 1. The minimum absolute atomic E-state index is 0.0120. The third kappa shape index (κ3) is 3.20. The van der Waals surface area contributed by atoms with Crippen molar-refractivity contribution in [1.29, 1.82) is 0 Å². The molecule has 3 aromatic carbocycles. The smallest absolute Gasteiger partial charge is 0.325 e. The van der Waals surface area contributed by atoms with E-state index in [0.717, 1.165) is 15.7 Å². The van der Waals surface area contributed by atoms with Crippen molar-refractivity contribution in [3.8, 4) is 5.75 Å². The van der Waals surface area contributed by atoms with Gasteiger partial charge in [-0.05, 0) is 54.4 Å². The van der Waals surface area contributed by atoms with Gasteiger partial charge in [0.2, 0.25) is 0 Å². The lowest BCUT2D eigenvalue weighted by atomic mass is 9.90. The summed E-state index contributed by atoms with van der Waals surface area (Å²) in [7, 11) is 1.51. The van der Waals surface area contributed by atoms with E-state index in [1.165, 1.54) is 14.0 Å². The zero-order valence-corrected chi connectivity index (χ0v) is 17.1. The zero-order valence-electron chi connectivity index (χ0n) is 17.1. The van der Waals surface area contributed by atoms with Gasteiger partial charge in [-0.1, -0.05) is 36.4 Å². The molecule has 3 aromatic rings. The van der Waals surface area contributed by atoms with Crippen LogP contribution in [0.25, 0.3) is 10.8 Å². The van der Waals surface area contributed by atoms with Gasteiger partial charge in [-0.25, -0.2) is 4.79 Å². The van der Waals surface area contributed by atoms with Crippen LogP contribution in [0.5, 0.6) is 5.75 Å². The van der Waals surface area contributed by atoms with E-state index in [4.69, 9.17) is 4.74 Å². The van der Waals surface area contributed by atoms with E-state index in [2.05, 4.69) is 5.32 Å². The largest absolute Gasteiger partial charge is 0.496 e. The molecule has 1 unspecified atom stereocenters. The summed E-state index contributed by atoms with van der Waals surface area (Å²) in [5, 5.41) is 4.89. The van der Waals surface area contributed by atoms with Crippen molar-refractivity contribution in [1.82, 2.24) is 10.2 Å². The van der Waals surface area contributed by atoms with E-state index in [9.17, 15) is 14.4 Å². The number of hydrogen-bond donors (Lipinski definition) is 1. The molecule has 1 N–H and O–H groups in total. The summed E-state index contributed by atoms with van der Waals surface area (Å²) in [6, 6.07) is 18.1. The number of hydrogen-bond acceptors (Lipinski definition) is 4. The minimum Gasteiger partial charge on any atom is -0.496 e. The Hall–Kier alpha value is -3.67. The van der Waals surface area contributed by atoms with Gasteiger partial charge in [0, 0.05) is 11.1 Å². The number of amides is 3. The maximum absolute atomic E-state index is 13.3. The van der Waals surface area contributed by atoms with E-state index in [1.54, 1.807) is 25.1 Å². The third-order valence-corrected chi connectivity index (χ3v) is 5.62. The molecule has 6 nitrogen and oxygen atoms in total. The maximum Gasteiger partial charge on any atom is 0.325 e. The molecule has 4 rings (SSSR count). The molecule has 0 saturated carbocycles. The third-order valence-electron chi connectivity index (χ3n) is 5.62. The highest BCUT2D eigenvalue weighted by Crippen LogP contribution is 2.33. The molecule has 0 bridgehead atoms. The molecule has 0 spiro atoms. The summed E-state index contributed by atoms with van der Waals surface area (Å²) < 4.78 is 5.36. The first kappa shape index (κ1) is 19.6. The van der Waals surface area contributed by atoms with E-state index in [1.807, 2.05) is 42.5 Å². The Labute approximate surface area is 174 Å². The summed E-state index contributed by atoms with van der Waals surface area (Å²) in [6.45, 7) is 3.19. The van der Waals surface area contributed by atoms with E-state index >= 15 is 0 Å². The Kier molecular flexibility index (Phi) is 4.78. The highest BCUT2D eigenvalue weighted by Gasteiger charge is 2.49. The lowest BCUT2D eigenvalue weighted by molar-refractivity contribution is -0.131. The Balaban J connectivity index is 1.69. The molecule has 1 aliphatic rings. The molecule has 1 aliphatic heterocycles. The predicted molar refractivity (Wildman–Crippen MR) is 113 cm³/mol. The number of benzene rings is 3. The van der Waals surface area contributed by atoms with Crippen LogP contribution in [0.3, 0.4) is 0 Å². The molecule has 0 aromatic heterocycles. The molecule has 1 fully saturated rings. The maximum atomic E-state index is 13.3. The van der Waals surface area contributed by atoms with Gasteiger partial charge < -0.3 is 10.1 Å². The van der Waals surface area contributed by atoms with Crippen LogP contribution in [-0.2, 0) is 16.9 Å². The highest BCUT2D eigenvalue weighted by atomic mass is 16.5. The molecule has 152 valence electrons. The molecule has 30 heavy (non-hydrogen) atoms. The summed E-state index contributed by atoms with van der Waals surface area (Å²) >= 11 is 0. The van der Waals surface area contributed by atoms with Crippen molar-refractivity contribution in [2.45, 2.75) is 25.9 Å². The highest BCUT2D eigenvalue weighted by molar-refractivity contribution is 6.07. The number of carbonyl (C=O) groups excluding carboxylic acids is 3. The fraction of sp³-hybridized carbons (Fsp3) is 0.208. The number of nitrogens with one attached hydrogen (secondary N) is 1. The number of methoxy groups -OCH3 is 1. The normalized spacial score (nSPS) is 18.6. The Bertz CT molecular complexity index is 1190. The first-order chi connectivity index (χ1) is 14.3. The molecule has 1 heterocycles. The van der Waals surface area contributed by atoms with Crippen LogP contribution in [0.1, 0.15) is 35.3 Å². The van der Waals surface area contributed by atoms with Crippen molar-refractivity contribution in [3.63, 3.8) is 0 Å². The van der Waals surface area contributed by atoms with Crippen LogP contribution in [0.4, 0.5) is 4.79 Å². The van der Waals surface area contributed by atoms with Crippen molar-refractivity contribution in [2.24, 2.45) is 0 Å². The van der Waals surface area contributed by atoms with Gasteiger partial charge in [-0.15, -0.1) is 0 Å². The Morgan fingerprint density at radius 2 is 1.77 bits per heavy atom. The summed E-state index contributed by atoms with van der Waals surface area (Å²) in [5.74, 6) is 0.0649. The first-order valence-electron chi connectivity index (χ1n) is 9.65. The standard InChI is InChI=1S/C24H22N2O4/c1-15(27)17-9-11-21(30-3)19(12-17)14-26-22(28)24(2,25-23(26)29)20-10-8-16-6-4-5-7-18(16)13-20/h4-13H,14H2,1-3H3,(H,25,29). The number of fused-ring (bicyclic) bond motifs is 1. The van der Waals surface area contributed by atoms with Gasteiger partial charge in [-0.2, -0.15) is 0 Å². The van der Waals surface area contributed by atoms with Crippen LogP contribution >= 0.6 is 0 Å². The number of ether oxygens (including phenoxy) is 1. The van der Waals surface area contributed by atoms with Gasteiger partial charge in [0.15, 0.2) is 5.78 Å². The average Bonchev–Trinajstić information content (AvgIpc) is 2.97. The van der Waals surface area contributed by atoms with Gasteiger partial charge in [-0.3, -0.25) is 14.5 Å². The second kappa shape index (κ2) is 7.30. The molecule has 0 aliphatic carbocycles. The minimum atomic E-state index is -1.17. The molecule has 1 atom stereocenters. The number of Topliss-reactive ketones (excluding diaryl/α,β-unsaturated/α-hetero) is 1. The van der Waals surface area contributed by atoms with Gasteiger partial charge in [0.25, 0.3) is 5.91 Å². The number of rotatable bonds is 5. The lowest BCUT2D eigenvalue weighted by Crippen LogP contribution is -2.40. The molecule has 0 radical (unpaired) electrons. The summed E-state index contributed by atoms with van der Waals surface area (Å²) in [6.07, 6.45) is 0.